The summed E-state index contributed by atoms with van der Waals surface area (Å²) >= 11 is 0. The molecule has 2 N–H and O–H groups in total. The summed E-state index contributed by atoms with van der Waals surface area (Å²) in [6, 6.07) is 8.24. The van der Waals surface area contributed by atoms with Crippen molar-refractivity contribution in [3.63, 3.8) is 0 Å². The molecule has 1 saturated carbocycles. The van der Waals surface area contributed by atoms with E-state index in [4.69, 9.17) is 10.5 Å². The zero-order chi connectivity index (χ0) is 14.8. The molecule has 1 heterocycles. The van der Waals surface area contributed by atoms with Gasteiger partial charge < -0.3 is 10.5 Å². The highest BCUT2D eigenvalue weighted by Crippen LogP contribution is 2.33. The summed E-state index contributed by atoms with van der Waals surface area (Å²) in [5.74, 6) is 2.22. The number of rotatable bonds is 3. The van der Waals surface area contributed by atoms with Gasteiger partial charge in [-0.3, -0.25) is 0 Å². The molecule has 0 aliphatic heterocycles. The Bertz CT molecular complexity index is 616. The van der Waals surface area contributed by atoms with Gasteiger partial charge in [0.05, 0.1) is 0 Å². The highest BCUT2D eigenvalue weighted by Gasteiger charge is 2.26. The largest absolute Gasteiger partial charge is 0.474 e. The molecule has 0 amide bonds. The van der Waals surface area contributed by atoms with E-state index in [-0.39, 0.29) is 6.10 Å². The predicted molar refractivity (Wildman–Crippen MR) is 86.2 cm³/mol. The predicted octanol–water partition coefficient (Wildman–Crippen LogP) is 3.90. The van der Waals surface area contributed by atoms with Gasteiger partial charge in [0, 0.05) is 18.1 Å². The van der Waals surface area contributed by atoms with Crippen LogP contribution in [-0.4, -0.2) is 11.1 Å². The number of benzene rings is 1. The number of hydrogen-bond donors (Lipinski definition) is 1. The monoisotopic (exact) mass is 284 g/mol. The first kappa shape index (κ1) is 14.3. The highest BCUT2D eigenvalue weighted by atomic mass is 16.5. The molecular weight excluding hydrogens is 260 g/mol. The average molecular weight is 284 g/mol. The Morgan fingerprint density at radius 3 is 2.43 bits per heavy atom. The summed E-state index contributed by atoms with van der Waals surface area (Å²) in [6.45, 7) is 5.13. The van der Waals surface area contributed by atoms with Crippen LogP contribution in [0.15, 0.2) is 30.5 Å². The van der Waals surface area contributed by atoms with Crippen LogP contribution in [0.4, 0.5) is 0 Å². The second-order valence-corrected chi connectivity index (χ2v) is 6.50. The van der Waals surface area contributed by atoms with Crippen LogP contribution in [0.3, 0.4) is 0 Å². The van der Waals surface area contributed by atoms with Crippen LogP contribution in [0.5, 0.6) is 5.88 Å². The van der Waals surface area contributed by atoms with E-state index < -0.39 is 0 Å². The Morgan fingerprint density at radius 1 is 1.10 bits per heavy atom. The van der Waals surface area contributed by atoms with Crippen LogP contribution >= 0.6 is 0 Å². The quantitative estimate of drug-likeness (QED) is 0.930. The van der Waals surface area contributed by atoms with E-state index in [0.29, 0.717) is 6.54 Å². The third-order valence-electron chi connectivity index (χ3n) is 4.47. The summed E-state index contributed by atoms with van der Waals surface area (Å²) in [5, 5.41) is 2.23. The SMILES string of the molecule is CC1CC(C)CC(Oc2ncc(CN)c3ccccc23)C1. The lowest BCUT2D eigenvalue weighted by molar-refractivity contribution is 0.0983. The van der Waals surface area contributed by atoms with Crippen LogP contribution < -0.4 is 10.5 Å². The van der Waals surface area contributed by atoms with Crippen molar-refractivity contribution in [2.45, 2.75) is 45.8 Å². The van der Waals surface area contributed by atoms with E-state index in [0.717, 1.165) is 46.9 Å². The molecule has 1 aromatic heterocycles. The van der Waals surface area contributed by atoms with Gasteiger partial charge in [0.25, 0.3) is 0 Å². The zero-order valence-corrected chi connectivity index (χ0v) is 12.9. The molecule has 1 fully saturated rings. The Morgan fingerprint density at radius 2 is 1.76 bits per heavy atom. The van der Waals surface area contributed by atoms with E-state index in [1.54, 1.807) is 0 Å². The van der Waals surface area contributed by atoms with Crippen molar-refractivity contribution >= 4 is 10.8 Å². The number of aromatic nitrogens is 1. The molecule has 112 valence electrons. The standard InChI is InChI=1S/C18H24N2O/c1-12-7-13(2)9-15(8-12)21-18-17-6-4-3-5-16(17)14(10-19)11-20-18/h3-6,11-13,15H,7-10,19H2,1-2H3. The number of nitrogens with zero attached hydrogens (tertiary/aromatic N) is 1. The molecule has 2 aromatic rings. The molecule has 1 aliphatic rings. The van der Waals surface area contributed by atoms with Gasteiger partial charge in [-0.15, -0.1) is 0 Å². The minimum absolute atomic E-state index is 0.281. The third-order valence-corrected chi connectivity index (χ3v) is 4.47. The molecule has 21 heavy (non-hydrogen) atoms. The normalized spacial score (nSPS) is 26.0. The lowest BCUT2D eigenvalue weighted by Gasteiger charge is -2.31. The first-order chi connectivity index (χ1) is 10.2. The van der Waals surface area contributed by atoms with Gasteiger partial charge in [-0.05, 0) is 48.1 Å². The number of pyridine rings is 1. The molecule has 0 saturated heterocycles. The second kappa shape index (κ2) is 6.02. The summed E-state index contributed by atoms with van der Waals surface area (Å²) < 4.78 is 6.26. The fourth-order valence-corrected chi connectivity index (χ4v) is 3.61. The minimum atomic E-state index is 0.281. The molecule has 1 aliphatic carbocycles. The summed E-state index contributed by atoms with van der Waals surface area (Å²) in [5.41, 5.74) is 6.88. The number of nitrogens with two attached hydrogens (primary N) is 1. The average Bonchev–Trinajstić information content (AvgIpc) is 2.46. The molecule has 0 spiro atoms. The summed E-state index contributed by atoms with van der Waals surface area (Å²) in [4.78, 5) is 4.52. The van der Waals surface area contributed by atoms with Gasteiger partial charge in [-0.2, -0.15) is 0 Å². The smallest absolute Gasteiger partial charge is 0.221 e. The molecule has 3 rings (SSSR count). The van der Waals surface area contributed by atoms with E-state index in [1.165, 1.54) is 6.42 Å². The lowest BCUT2D eigenvalue weighted by atomic mass is 9.82. The van der Waals surface area contributed by atoms with Crippen molar-refractivity contribution in [1.29, 1.82) is 0 Å². The Hall–Kier alpha value is -1.61. The van der Waals surface area contributed by atoms with Crippen LogP contribution in [0.25, 0.3) is 10.8 Å². The highest BCUT2D eigenvalue weighted by molar-refractivity contribution is 5.89. The van der Waals surface area contributed by atoms with Gasteiger partial charge in [0.15, 0.2) is 0 Å². The van der Waals surface area contributed by atoms with Crippen molar-refractivity contribution in [2.24, 2.45) is 17.6 Å². The van der Waals surface area contributed by atoms with E-state index in [1.807, 2.05) is 18.3 Å². The summed E-state index contributed by atoms with van der Waals surface area (Å²) in [6.07, 6.45) is 5.69. The van der Waals surface area contributed by atoms with Crippen molar-refractivity contribution in [1.82, 2.24) is 4.98 Å². The molecule has 0 bridgehead atoms. The van der Waals surface area contributed by atoms with Crippen molar-refractivity contribution in [3.05, 3.63) is 36.0 Å². The molecular formula is C18H24N2O. The van der Waals surface area contributed by atoms with Gasteiger partial charge in [-0.1, -0.05) is 32.0 Å². The topological polar surface area (TPSA) is 48.1 Å². The lowest BCUT2D eigenvalue weighted by Crippen LogP contribution is -2.28. The number of fused-ring (bicyclic) bond motifs is 1. The third kappa shape index (κ3) is 3.03. The molecule has 0 radical (unpaired) electrons. The van der Waals surface area contributed by atoms with E-state index in [2.05, 4.69) is 31.0 Å². The van der Waals surface area contributed by atoms with Crippen LogP contribution in [0.2, 0.25) is 0 Å². The van der Waals surface area contributed by atoms with Crippen LogP contribution in [0.1, 0.15) is 38.7 Å². The Balaban J connectivity index is 1.90. The first-order valence-electron chi connectivity index (χ1n) is 7.90. The fourth-order valence-electron chi connectivity index (χ4n) is 3.61. The van der Waals surface area contributed by atoms with Gasteiger partial charge in [0.1, 0.15) is 6.10 Å². The van der Waals surface area contributed by atoms with Crippen LogP contribution in [-0.2, 0) is 6.54 Å². The van der Waals surface area contributed by atoms with Crippen molar-refractivity contribution < 1.29 is 4.74 Å². The van der Waals surface area contributed by atoms with Gasteiger partial charge >= 0.3 is 0 Å². The maximum atomic E-state index is 6.26. The van der Waals surface area contributed by atoms with Crippen LogP contribution in [0, 0.1) is 11.8 Å². The molecule has 3 nitrogen and oxygen atoms in total. The van der Waals surface area contributed by atoms with Gasteiger partial charge in [0.2, 0.25) is 5.88 Å². The molecule has 1 aromatic carbocycles. The number of hydrogen-bond acceptors (Lipinski definition) is 3. The maximum absolute atomic E-state index is 6.26. The molecule has 2 unspecified atom stereocenters. The van der Waals surface area contributed by atoms with Gasteiger partial charge in [-0.25, -0.2) is 4.98 Å². The zero-order valence-electron chi connectivity index (χ0n) is 12.9. The van der Waals surface area contributed by atoms with Crippen molar-refractivity contribution in [3.8, 4) is 5.88 Å². The molecule has 3 heteroatoms. The first-order valence-corrected chi connectivity index (χ1v) is 7.90. The minimum Gasteiger partial charge on any atom is -0.474 e. The summed E-state index contributed by atoms with van der Waals surface area (Å²) in [7, 11) is 0. The van der Waals surface area contributed by atoms with E-state index in [9.17, 15) is 0 Å². The fraction of sp³-hybridized carbons (Fsp3) is 0.500. The Labute approximate surface area is 126 Å². The molecule has 2 atom stereocenters. The maximum Gasteiger partial charge on any atom is 0.221 e. The second-order valence-electron chi connectivity index (χ2n) is 6.50. The van der Waals surface area contributed by atoms with E-state index >= 15 is 0 Å². The number of ether oxygens (including phenoxy) is 1. The Kier molecular flexibility index (Phi) is 4.11. The van der Waals surface area contributed by atoms with Crippen molar-refractivity contribution in [2.75, 3.05) is 0 Å².